The fourth-order valence-electron chi connectivity index (χ4n) is 1.61. The van der Waals surface area contributed by atoms with Crippen molar-refractivity contribution in [1.29, 1.82) is 0 Å². The van der Waals surface area contributed by atoms with Crippen LogP contribution in [0, 0.1) is 0 Å². The molecule has 0 bridgehead atoms. The van der Waals surface area contributed by atoms with Crippen LogP contribution in [0.1, 0.15) is 25.5 Å². The third-order valence-electron chi connectivity index (χ3n) is 2.67. The molecule has 4 heteroatoms. The van der Waals surface area contributed by atoms with E-state index >= 15 is 0 Å². The number of rotatable bonds is 5. The maximum Gasteiger partial charge on any atom is 0.322 e. The van der Waals surface area contributed by atoms with Crippen LogP contribution in [0.5, 0.6) is 5.75 Å². The van der Waals surface area contributed by atoms with E-state index in [9.17, 15) is 4.79 Å². The second-order valence-corrected chi connectivity index (χ2v) is 3.91. The summed E-state index contributed by atoms with van der Waals surface area (Å²) in [5.41, 5.74) is 1.10. The lowest BCUT2D eigenvalue weighted by Crippen LogP contribution is -2.36. The Kier molecular flexibility index (Phi) is 4.97. The Morgan fingerprint density at radius 1 is 1.18 bits per heavy atom. The molecule has 1 unspecified atom stereocenters. The van der Waals surface area contributed by atoms with Gasteiger partial charge in [0.25, 0.3) is 0 Å². The minimum atomic E-state index is -0.322. The van der Waals surface area contributed by atoms with E-state index < -0.39 is 0 Å². The molecule has 0 spiro atoms. The van der Waals surface area contributed by atoms with Crippen molar-refractivity contribution in [3.8, 4) is 5.75 Å². The monoisotopic (exact) mass is 237 g/mol. The predicted molar refractivity (Wildman–Crippen MR) is 66.0 cm³/mol. The predicted octanol–water partition coefficient (Wildman–Crippen LogP) is 1.91. The highest BCUT2D eigenvalue weighted by molar-refractivity contribution is 5.75. The van der Waals surface area contributed by atoms with E-state index in [-0.39, 0.29) is 18.1 Å². The standard InChI is InChI=1S/C13H19NO3/c1-9(14-10(2)13(15)17-4)11-5-7-12(16-3)8-6-11/h5-10,14H,1-4H3/t9-,10?/m0/s1. The molecule has 17 heavy (non-hydrogen) atoms. The Labute approximate surface area is 102 Å². The van der Waals surface area contributed by atoms with Gasteiger partial charge < -0.3 is 9.47 Å². The molecular weight excluding hydrogens is 218 g/mol. The smallest absolute Gasteiger partial charge is 0.322 e. The molecule has 0 aliphatic carbocycles. The molecule has 1 aromatic rings. The molecule has 0 aliphatic rings. The average molecular weight is 237 g/mol. The lowest BCUT2D eigenvalue weighted by Gasteiger charge is -2.18. The fourth-order valence-corrected chi connectivity index (χ4v) is 1.61. The van der Waals surface area contributed by atoms with Crippen LogP contribution in [0.15, 0.2) is 24.3 Å². The molecule has 0 saturated carbocycles. The van der Waals surface area contributed by atoms with Crippen molar-refractivity contribution in [3.05, 3.63) is 29.8 Å². The molecule has 0 aliphatic heterocycles. The van der Waals surface area contributed by atoms with Gasteiger partial charge in [-0.15, -0.1) is 0 Å². The number of hydrogen-bond acceptors (Lipinski definition) is 4. The van der Waals surface area contributed by atoms with Crippen molar-refractivity contribution in [2.24, 2.45) is 0 Å². The molecule has 1 aromatic carbocycles. The van der Waals surface area contributed by atoms with Crippen LogP contribution in [-0.4, -0.2) is 26.2 Å². The van der Waals surface area contributed by atoms with Crippen molar-refractivity contribution in [2.75, 3.05) is 14.2 Å². The molecule has 0 amide bonds. The first kappa shape index (κ1) is 13.5. The number of carbonyl (C=O) groups excluding carboxylic acids is 1. The Balaban J connectivity index is 2.62. The largest absolute Gasteiger partial charge is 0.497 e. The quantitative estimate of drug-likeness (QED) is 0.795. The zero-order chi connectivity index (χ0) is 12.8. The minimum absolute atomic E-state index is 0.0787. The topological polar surface area (TPSA) is 47.6 Å². The summed E-state index contributed by atoms with van der Waals surface area (Å²) in [4.78, 5) is 11.3. The van der Waals surface area contributed by atoms with Crippen LogP contribution in [0.3, 0.4) is 0 Å². The molecule has 0 saturated heterocycles. The minimum Gasteiger partial charge on any atom is -0.497 e. The summed E-state index contributed by atoms with van der Waals surface area (Å²) in [5.74, 6) is 0.562. The normalized spacial score (nSPS) is 13.9. The lowest BCUT2D eigenvalue weighted by molar-refractivity contribution is -0.142. The summed E-state index contributed by atoms with van der Waals surface area (Å²) in [6.07, 6.45) is 0. The Bertz CT molecular complexity index is 361. The summed E-state index contributed by atoms with van der Waals surface area (Å²) in [5, 5.41) is 3.17. The number of esters is 1. The van der Waals surface area contributed by atoms with Crippen LogP contribution < -0.4 is 10.1 Å². The van der Waals surface area contributed by atoms with Gasteiger partial charge in [-0.3, -0.25) is 10.1 Å². The Morgan fingerprint density at radius 3 is 2.24 bits per heavy atom. The molecule has 0 aromatic heterocycles. The van der Waals surface area contributed by atoms with E-state index in [1.165, 1.54) is 7.11 Å². The highest BCUT2D eigenvalue weighted by atomic mass is 16.5. The maximum absolute atomic E-state index is 11.3. The molecule has 94 valence electrons. The van der Waals surface area contributed by atoms with Gasteiger partial charge in [0.2, 0.25) is 0 Å². The lowest BCUT2D eigenvalue weighted by atomic mass is 10.1. The van der Waals surface area contributed by atoms with Crippen molar-refractivity contribution in [1.82, 2.24) is 5.32 Å². The number of carbonyl (C=O) groups is 1. The first-order chi connectivity index (χ1) is 8.08. The highest BCUT2D eigenvalue weighted by Crippen LogP contribution is 2.17. The summed E-state index contributed by atoms with van der Waals surface area (Å²) in [7, 11) is 3.02. The molecule has 4 nitrogen and oxygen atoms in total. The van der Waals surface area contributed by atoms with Gasteiger partial charge in [-0.05, 0) is 31.5 Å². The number of benzene rings is 1. The SMILES string of the molecule is COC(=O)C(C)N[C@@H](C)c1ccc(OC)cc1. The van der Waals surface area contributed by atoms with E-state index in [4.69, 9.17) is 4.74 Å². The first-order valence-electron chi connectivity index (χ1n) is 5.56. The molecule has 0 radical (unpaired) electrons. The Hall–Kier alpha value is -1.55. The van der Waals surface area contributed by atoms with Gasteiger partial charge in [0.05, 0.1) is 14.2 Å². The van der Waals surface area contributed by atoms with Gasteiger partial charge in [0.1, 0.15) is 11.8 Å². The molecule has 1 rings (SSSR count). The van der Waals surface area contributed by atoms with Crippen LogP contribution in [0.4, 0.5) is 0 Å². The van der Waals surface area contributed by atoms with Gasteiger partial charge in [0, 0.05) is 6.04 Å². The van der Waals surface area contributed by atoms with Gasteiger partial charge in [0.15, 0.2) is 0 Å². The van der Waals surface area contributed by atoms with Crippen LogP contribution >= 0.6 is 0 Å². The number of ether oxygens (including phenoxy) is 2. The Morgan fingerprint density at radius 2 is 1.76 bits per heavy atom. The van der Waals surface area contributed by atoms with Crippen molar-refractivity contribution in [3.63, 3.8) is 0 Å². The fraction of sp³-hybridized carbons (Fsp3) is 0.462. The van der Waals surface area contributed by atoms with E-state index in [0.29, 0.717) is 0 Å². The zero-order valence-corrected chi connectivity index (χ0v) is 10.7. The van der Waals surface area contributed by atoms with Gasteiger partial charge in [-0.2, -0.15) is 0 Å². The molecule has 1 N–H and O–H groups in total. The summed E-state index contributed by atoms with van der Waals surface area (Å²) in [6.45, 7) is 3.78. The highest BCUT2D eigenvalue weighted by Gasteiger charge is 2.16. The molecular formula is C13H19NO3. The number of hydrogen-bond donors (Lipinski definition) is 1. The van der Waals surface area contributed by atoms with Crippen LogP contribution in [-0.2, 0) is 9.53 Å². The van der Waals surface area contributed by atoms with Crippen molar-refractivity contribution in [2.45, 2.75) is 25.9 Å². The number of methoxy groups -OCH3 is 2. The van der Waals surface area contributed by atoms with Crippen molar-refractivity contribution < 1.29 is 14.3 Å². The zero-order valence-electron chi connectivity index (χ0n) is 10.7. The van der Waals surface area contributed by atoms with E-state index in [2.05, 4.69) is 10.1 Å². The number of nitrogens with one attached hydrogen (secondary N) is 1. The van der Waals surface area contributed by atoms with Gasteiger partial charge >= 0.3 is 5.97 Å². The first-order valence-corrected chi connectivity index (χ1v) is 5.56. The molecule has 0 heterocycles. The van der Waals surface area contributed by atoms with Gasteiger partial charge in [-0.1, -0.05) is 12.1 Å². The summed E-state index contributed by atoms with van der Waals surface area (Å²) < 4.78 is 9.75. The van der Waals surface area contributed by atoms with Crippen LogP contribution in [0.2, 0.25) is 0 Å². The third-order valence-corrected chi connectivity index (χ3v) is 2.67. The molecule has 2 atom stereocenters. The second-order valence-electron chi connectivity index (χ2n) is 3.91. The van der Waals surface area contributed by atoms with E-state index in [0.717, 1.165) is 11.3 Å². The van der Waals surface area contributed by atoms with Crippen molar-refractivity contribution >= 4 is 5.97 Å². The average Bonchev–Trinajstić information content (AvgIpc) is 2.37. The molecule has 0 fully saturated rings. The van der Waals surface area contributed by atoms with E-state index in [1.54, 1.807) is 14.0 Å². The summed E-state index contributed by atoms with van der Waals surface area (Å²) >= 11 is 0. The third kappa shape index (κ3) is 3.75. The van der Waals surface area contributed by atoms with Gasteiger partial charge in [-0.25, -0.2) is 0 Å². The summed E-state index contributed by atoms with van der Waals surface area (Å²) in [6, 6.07) is 7.50. The van der Waals surface area contributed by atoms with E-state index in [1.807, 2.05) is 31.2 Å². The second kappa shape index (κ2) is 6.25. The van der Waals surface area contributed by atoms with Crippen LogP contribution in [0.25, 0.3) is 0 Å². The maximum atomic E-state index is 11.3.